The van der Waals surface area contributed by atoms with Crippen LogP contribution in [0, 0.1) is 5.92 Å². The summed E-state index contributed by atoms with van der Waals surface area (Å²) in [5, 5.41) is 0.771. The van der Waals surface area contributed by atoms with Gasteiger partial charge in [0.2, 0.25) is 15.9 Å². The van der Waals surface area contributed by atoms with E-state index in [9.17, 15) is 8.42 Å². The van der Waals surface area contributed by atoms with Crippen molar-refractivity contribution in [1.29, 1.82) is 0 Å². The Morgan fingerprint density at radius 2 is 2.13 bits per heavy atom. The summed E-state index contributed by atoms with van der Waals surface area (Å²) in [6, 6.07) is 3.52. The van der Waals surface area contributed by atoms with E-state index in [0.717, 1.165) is 9.87 Å². The van der Waals surface area contributed by atoms with Crippen LogP contribution in [0.2, 0.25) is 0 Å². The Kier molecular flexibility index (Phi) is 3.88. The summed E-state index contributed by atoms with van der Waals surface area (Å²) in [5.74, 6) is 0.107. The quantitative estimate of drug-likeness (QED) is 0.796. The second-order valence-corrected chi connectivity index (χ2v) is 8.87. The molecule has 0 aliphatic heterocycles. The summed E-state index contributed by atoms with van der Waals surface area (Å²) in [4.78, 5) is 4.13. The number of pyridine rings is 1. The third kappa shape index (κ3) is 2.33. The predicted octanol–water partition coefficient (Wildman–Crippen LogP) is 3.47. The summed E-state index contributed by atoms with van der Waals surface area (Å²) in [7, 11) is -2.22. The number of halogens is 1. The van der Waals surface area contributed by atoms with Crippen LogP contribution in [0.1, 0.15) is 13.8 Å². The largest absolute Gasteiger partial charge is 0.479 e. The summed E-state index contributed by atoms with van der Waals surface area (Å²) in [6.45, 7) is 3.62. The van der Waals surface area contributed by atoms with Crippen LogP contribution < -0.4 is 4.74 Å². The van der Waals surface area contributed by atoms with Gasteiger partial charge in [-0.25, -0.2) is 17.4 Å². The lowest BCUT2D eigenvalue weighted by Crippen LogP contribution is -2.43. The molecule has 5 nitrogen and oxygen atoms in total. The molecule has 2 aromatic rings. The van der Waals surface area contributed by atoms with Crippen LogP contribution in [0.4, 0.5) is 0 Å². The van der Waals surface area contributed by atoms with Gasteiger partial charge in [-0.2, -0.15) is 0 Å². The van der Waals surface area contributed by atoms with Gasteiger partial charge in [-0.05, 0) is 19.1 Å². The van der Waals surface area contributed by atoms with Crippen LogP contribution in [-0.2, 0) is 10.0 Å². The molecule has 2 unspecified atom stereocenters. The maximum atomic E-state index is 13.4. The van der Waals surface area contributed by atoms with E-state index in [0.29, 0.717) is 11.4 Å². The minimum Gasteiger partial charge on any atom is -0.479 e. The van der Waals surface area contributed by atoms with Crippen LogP contribution in [0.15, 0.2) is 47.2 Å². The van der Waals surface area contributed by atoms with Crippen molar-refractivity contribution in [2.45, 2.75) is 18.6 Å². The molecule has 0 saturated heterocycles. The van der Waals surface area contributed by atoms with Gasteiger partial charge in [0.25, 0.3) is 0 Å². The number of rotatable bonds is 3. The Labute approximate surface area is 143 Å². The highest BCUT2D eigenvalue weighted by Gasteiger charge is 2.44. The fourth-order valence-electron chi connectivity index (χ4n) is 2.77. The van der Waals surface area contributed by atoms with Gasteiger partial charge < -0.3 is 4.74 Å². The van der Waals surface area contributed by atoms with Crippen LogP contribution in [0.3, 0.4) is 0 Å². The molecule has 3 rings (SSSR count). The molecule has 7 heteroatoms. The molecule has 0 N–H and O–H groups in total. The van der Waals surface area contributed by atoms with Gasteiger partial charge in [0.05, 0.1) is 7.11 Å². The van der Waals surface area contributed by atoms with Crippen molar-refractivity contribution in [3.8, 4) is 5.88 Å². The smallest absolute Gasteiger partial charge is 0.248 e. The fourth-order valence-corrected chi connectivity index (χ4v) is 5.14. The van der Waals surface area contributed by atoms with Crippen molar-refractivity contribution in [3.05, 3.63) is 47.2 Å². The highest BCUT2D eigenvalue weighted by Crippen LogP contribution is 2.38. The van der Waals surface area contributed by atoms with E-state index >= 15 is 0 Å². The van der Waals surface area contributed by atoms with Crippen molar-refractivity contribution in [2.75, 3.05) is 7.11 Å². The number of methoxy groups -OCH3 is 1. The molecule has 122 valence electrons. The normalized spacial score (nSPS) is 24.7. The Bertz CT molecular complexity index is 930. The second kappa shape index (κ2) is 5.49. The Hall–Kier alpha value is -1.60. The average molecular weight is 397 g/mol. The molecule has 0 amide bonds. The van der Waals surface area contributed by atoms with E-state index in [4.69, 9.17) is 4.74 Å². The molecular formula is C16H17BrN2O3S. The first-order valence-corrected chi connectivity index (χ1v) is 9.36. The minimum absolute atomic E-state index is 0.188. The minimum atomic E-state index is -3.71. The topological polar surface area (TPSA) is 61.2 Å². The number of hydrogen-bond acceptors (Lipinski definition) is 4. The van der Waals surface area contributed by atoms with E-state index in [2.05, 4.69) is 20.9 Å². The van der Waals surface area contributed by atoms with Gasteiger partial charge in [-0.3, -0.25) is 0 Å². The molecule has 2 atom stereocenters. The van der Waals surface area contributed by atoms with E-state index in [1.54, 1.807) is 43.6 Å². The first-order chi connectivity index (χ1) is 10.8. The molecule has 0 fully saturated rings. The first-order valence-electron chi connectivity index (χ1n) is 7.13. The van der Waals surface area contributed by atoms with E-state index in [-0.39, 0.29) is 5.92 Å². The molecule has 0 aromatic carbocycles. The molecule has 0 radical (unpaired) electrons. The van der Waals surface area contributed by atoms with Gasteiger partial charge in [-0.15, -0.1) is 0 Å². The lowest BCUT2D eigenvalue weighted by Gasteiger charge is -2.33. The zero-order chi connectivity index (χ0) is 16.8. The van der Waals surface area contributed by atoms with E-state index in [1.165, 1.54) is 11.1 Å². The molecule has 0 bridgehead atoms. The monoisotopic (exact) mass is 396 g/mol. The molecule has 1 aliphatic rings. The van der Waals surface area contributed by atoms with Crippen LogP contribution in [0.25, 0.3) is 10.9 Å². The van der Waals surface area contributed by atoms with Crippen molar-refractivity contribution in [1.82, 2.24) is 8.96 Å². The van der Waals surface area contributed by atoms with Crippen molar-refractivity contribution in [2.24, 2.45) is 5.92 Å². The van der Waals surface area contributed by atoms with Gasteiger partial charge >= 0.3 is 0 Å². The maximum Gasteiger partial charge on any atom is 0.248 e. The zero-order valence-electron chi connectivity index (χ0n) is 13.0. The van der Waals surface area contributed by atoms with Gasteiger partial charge in [0, 0.05) is 28.2 Å². The summed E-state index contributed by atoms with van der Waals surface area (Å²) in [5.41, 5.74) is 0.463. The predicted molar refractivity (Wildman–Crippen MR) is 94.3 cm³/mol. The van der Waals surface area contributed by atoms with Gasteiger partial charge in [-0.1, -0.05) is 41.1 Å². The van der Waals surface area contributed by atoms with Crippen molar-refractivity contribution >= 4 is 36.9 Å². The molecule has 2 heterocycles. The summed E-state index contributed by atoms with van der Waals surface area (Å²) < 4.78 is 33.1. The van der Waals surface area contributed by atoms with Crippen molar-refractivity contribution < 1.29 is 13.2 Å². The molecule has 2 aromatic heterocycles. The number of allylic oxidation sites excluding steroid dienone is 3. The summed E-state index contributed by atoms with van der Waals surface area (Å²) in [6.07, 6.45) is 8.56. The number of aromatic nitrogens is 2. The molecule has 23 heavy (non-hydrogen) atoms. The third-order valence-corrected chi connectivity index (χ3v) is 7.40. The SMILES string of the molecule is COc1nccc2ccn(S(=O)(=O)C3(C)C=CC(Br)=CC3C)c12. The van der Waals surface area contributed by atoms with Crippen LogP contribution in [-0.4, -0.2) is 29.2 Å². The second-order valence-electron chi connectivity index (χ2n) is 5.73. The Morgan fingerprint density at radius 1 is 1.39 bits per heavy atom. The highest BCUT2D eigenvalue weighted by atomic mass is 79.9. The average Bonchev–Trinajstić information content (AvgIpc) is 2.95. The highest BCUT2D eigenvalue weighted by molar-refractivity contribution is 9.11. The number of nitrogens with zero attached hydrogens (tertiary/aromatic N) is 2. The Morgan fingerprint density at radius 3 is 2.78 bits per heavy atom. The van der Waals surface area contributed by atoms with Gasteiger partial charge in [0.15, 0.2) is 0 Å². The molecular weight excluding hydrogens is 380 g/mol. The number of fused-ring (bicyclic) bond motifs is 1. The number of hydrogen-bond donors (Lipinski definition) is 0. The van der Waals surface area contributed by atoms with Crippen LogP contribution in [0.5, 0.6) is 5.88 Å². The standard InChI is InChI=1S/C16H17BrN2O3S/c1-11-10-13(17)4-7-16(11,2)23(20,21)19-9-6-12-5-8-18-15(22-3)14(12)19/h4-11H,1-3H3. The fraction of sp³-hybridized carbons (Fsp3) is 0.312. The molecule has 0 spiro atoms. The van der Waals surface area contributed by atoms with Crippen molar-refractivity contribution in [3.63, 3.8) is 0 Å². The molecule has 1 aliphatic carbocycles. The zero-order valence-corrected chi connectivity index (χ0v) is 15.4. The van der Waals surface area contributed by atoms with E-state index in [1.807, 2.05) is 13.0 Å². The first kappa shape index (κ1) is 16.3. The lowest BCUT2D eigenvalue weighted by atomic mass is 9.91. The third-order valence-electron chi connectivity index (χ3n) is 4.43. The van der Waals surface area contributed by atoms with Gasteiger partial charge in [0.1, 0.15) is 10.3 Å². The van der Waals surface area contributed by atoms with E-state index < -0.39 is 14.8 Å². The number of ether oxygens (including phenoxy) is 1. The maximum absolute atomic E-state index is 13.4. The van der Waals surface area contributed by atoms with Crippen LogP contribution >= 0.6 is 15.9 Å². The lowest BCUT2D eigenvalue weighted by molar-refractivity contribution is 0.402. The Balaban J connectivity index is 2.24. The summed E-state index contributed by atoms with van der Waals surface area (Å²) >= 11 is 3.40. The molecule has 0 saturated carbocycles.